The topological polar surface area (TPSA) is 64.9 Å². The summed E-state index contributed by atoms with van der Waals surface area (Å²) in [5.41, 5.74) is 6.95. The highest BCUT2D eigenvalue weighted by atomic mass is 19.1. The van der Waals surface area contributed by atoms with Crippen LogP contribution in [0.2, 0.25) is 0 Å². The number of halogens is 1. The normalized spacial score (nSPS) is 23.5. The number of rotatable bonds is 2. The molecule has 1 heterocycles. The molecule has 2 aromatic rings. The molecule has 2 unspecified atom stereocenters. The van der Waals surface area contributed by atoms with E-state index >= 15 is 0 Å². The van der Waals surface area contributed by atoms with Crippen LogP contribution < -0.4 is 5.73 Å². The van der Waals surface area contributed by atoms with Gasteiger partial charge in [-0.1, -0.05) is 24.4 Å². The molecule has 1 aliphatic carbocycles. The Labute approximate surface area is 117 Å². The number of hydrogen-bond donors (Lipinski definition) is 1. The molecule has 1 aliphatic rings. The van der Waals surface area contributed by atoms with E-state index in [4.69, 9.17) is 10.3 Å². The molecule has 5 heteroatoms. The molecule has 0 amide bonds. The van der Waals surface area contributed by atoms with Crippen molar-refractivity contribution in [2.75, 3.05) is 0 Å². The number of hydrogen-bond acceptors (Lipinski definition) is 4. The summed E-state index contributed by atoms with van der Waals surface area (Å²) in [6.45, 7) is 0. The molecular formula is C15H18FN3O. The maximum absolute atomic E-state index is 12.9. The molecular weight excluding hydrogens is 257 g/mol. The van der Waals surface area contributed by atoms with Crippen molar-refractivity contribution >= 4 is 0 Å². The van der Waals surface area contributed by atoms with Crippen LogP contribution in [0.15, 0.2) is 28.8 Å². The van der Waals surface area contributed by atoms with Gasteiger partial charge in [-0.2, -0.15) is 4.98 Å². The number of nitrogens with zero attached hydrogens (tertiary/aromatic N) is 2. The Morgan fingerprint density at radius 3 is 2.65 bits per heavy atom. The first-order valence-electron chi connectivity index (χ1n) is 7.09. The SMILES string of the molecule is NC1CCCCCC1c1nc(-c2ccc(F)cc2)no1. The lowest BCUT2D eigenvalue weighted by Gasteiger charge is -2.16. The van der Waals surface area contributed by atoms with E-state index in [2.05, 4.69) is 10.1 Å². The van der Waals surface area contributed by atoms with Gasteiger partial charge in [0, 0.05) is 11.6 Å². The standard InChI is InChI=1S/C15H18FN3O/c16-11-8-6-10(7-9-11)14-18-15(20-19-14)12-4-2-1-3-5-13(12)17/h6-9,12-13H,1-5,17H2. The summed E-state index contributed by atoms with van der Waals surface area (Å²) < 4.78 is 18.3. The highest BCUT2D eigenvalue weighted by Crippen LogP contribution is 2.31. The Kier molecular flexibility index (Phi) is 3.78. The van der Waals surface area contributed by atoms with Crippen LogP contribution in [0.4, 0.5) is 4.39 Å². The molecule has 0 saturated heterocycles. The van der Waals surface area contributed by atoms with Crippen LogP contribution >= 0.6 is 0 Å². The van der Waals surface area contributed by atoms with Crippen LogP contribution in [-0.2, 0) is 0 Å². The van der Waals surface area contributed by atoms with Gasteiger partial charge in [-0.3, -0.25) is 0 Å². The third-order valence-electron chi connectivity index (χ3n) is 3.93. The summed E-state index contributed by atoms with van der Waals surface area (Å²) in [6, 6.07) is 6.17. The molecule has 20 heavy (non-hydrogen) atoms. The van der Waals surface area contributed by atoms with Crippen molar-refractivity contribution in [3.05, 3.63) is 36.0 Å². The van der Waals surface area contributed by atoms with E-state index in [1.165, 1.54) is 18.6 Å². The Bertz CT molecular complexity index is 567. The minimum Gasteiger partial charge on any atom is -0.339 e. The van der Waals surface area contributed by atoms with Crippen LogP contribution in [-0.4, -0.2) is 16.2 Å². The Balaban J connectivity index is 1.83. The molecule has 1 fully saturated rings. The molecule has 2 N–H and O–H groups in total. The maximum atomic E-state index is 12.9. The van der Waals surface area contributed by atoms with Crippen molar-refractivity contribution in [1.29, 1.82) is 0 Å². The molecule has 2 atom stereocenters. The average molecular weight is 275 g/mol. The monoisotopic (exact) mass is 275 g/mol. The van der Waals surface area contributed by atoms with Crippen molar-refractivity contribution in [1.82, 2.24) is 10.1 Å². The van der Waals surface area contributed by atoms with Gasteiger partial charge >= 0.3 is 0 Å². The van der Waals surface area contributed by atoms with Crippen LogP contribution in [0.3, 0.4) is 0 Å². The van der Waals surface area contributed by atoms with Crippen molar-refractivity contribution < 1.29 is 8.91 Å². The van der Waals surface area contributed by atoms with Gasteiger partial charge in [0.1, 0.15) is 5.82 Å². The smallest absolute Gasteiger partial charge is 0.231 e. The quantitative estimate of drug-likeness (QED) is 0.854. The van der Waals surface area contributed by atoms with Crippen LogP contribution in [0, 0.1) is 5.82 Å². The molecule has 0 spiro atoms. The van der Waals surface area contributed by atoms with E-state index in [1.807, 2.05) is 0 Å². The van der Waals surface area contributed by atoms with Gasteiger partial charge in [0.05, 0.1) is 5.92 Å². The van der Waals surface area contributed by atoms with Crippen molar-refractivity contribution in [2.24, 2.45) is 5.73 Å². The number of aromatic nitrogens is 2. The van der Waals surface area contributed by atoms with Gasteiger partial charge < -0.3 is 10.3 Å². The molecule has 106 valence electrons. The lowest BCUT2D eigenvalue weighted by atomic mass is 9.95. The fourth-order valence-corrected chi connectivity index (χ4v) is 2.74. The van der Waals surface area contributed by atoms with Gasteiger partial charge in [0.15, 0.2) is 0 Å². The Hall–Kier alpha value is -1.75. The van der Waals surface area contributed by atoms with E-state index in [-0.39, 0.29) is 17.8 Å². The van der Waals surface area contributed by atoms with E-state index in [9.17, 15) is 4.39 Å². The first-order chi connectivity index (χ1) is 9.74. The maximum Gasteiger partial charge on any atom is 0.231 e. The lowest BCUT2D eigenvalue weighted by Crippen LogP contribution is -2.27. The zero-order valence-electron chi connectivity index (χ0n) is 11.3. The fraction of sp³-hybridized carbons (Fsp3) is 0.467. The molecule has 0 aliphatic heterocycles. The fourth-order valence-electron chi connectivity index (χ4n) is 2.74. The highest BCUT2D eigenvalue weighted by Gasteiger charge is 2.27. The summed E-state index contributed by atoms with van der Waals surface area (Å²) in [7, 11) is 0. The average Bonchev–Trinajstić information content (AvgIpc) is 2.83. The minimum absolute atomic E-state index is 0.0824. The summed E-state index contributed by atoms with van der Waals surface area (Å²) in [5, 5.41) is 3.99. The molecule has 1 aromatic carbocycles. The number of benzene rings is 1. The molecule has 4 nitrogen and oxygen atoms in total. The van der Waals surface area contributed by atoms with E-state index in [0.29, 0.717) is 11.7 Å². The second kappa shape index (κ2) is 5.71. The first-order valence-corrected chi connectivity index (χ1v) is 7.09. The van der Waals surface area contributed by atoms with Crippen LogP contribution in [0.5, 0.6) is 0 Å². The Morgan fingerprint density at radius 2 is 1.85 bits per heavy atom. The third-order valence-corrected chi connectivity index (χ3v) is 3.93. The third kappa shape index (κ3) is 2.72. The molecule has 1 saturated carbocycles. The van der Waals surface area contributed by atoms with Crippen molar-refractivity contribution in [3.63, 3.8) is 0 Å². The number of nitrogens with two attached hydrogens (primary N) is 1. The first kappa shape index (κ1) is 13.2. The van der Waals surface area contributed by atoms with E-state index in [1.54, 1.807) is 12.1 Å². The summed E-state index contributed by atoms with van der Waals surface area (Å²) in [4.78, 5) is 4.45. The minimum atomic E-state index is -0.275. The summed E-state index contributed by atoms with van der Waals surface area (Å²) in [5.74, 6) is 0.970. The Morgan fingerprint density at radius 1 is 1.10 bits per heavy atom. The predicted octanol–water partition coefficient (Wildman–Crippen LogP) is 3.25. The van der Waals surface area contributed by atoms with Gasteiger partial charge in [-0.05, 0) is 37.1 Å². The predicted molar refractivity (Wildman–Crippen MR) is 73.5 cm³/mol. The zero-order valence-corrected chi connectivity index (χ0v) is 11.3. The van der Waals surface area contributed by atoms with Gasteiger partial charge in [-0.15, -0.1) is 0 Å². The second-order valence-corrected chi connectivity index (χ2v) is 5.37. The van der Waals surface area contributed by atoms with Crippen molar-refractivity contribution in [2.45, 2.75) is 44.1 Å². The summed E-state index contributed by atoms with van der Waals surface area (Å²) in [6.07, 6.45) is 5.51. The van der Waals surface area contributed by atoms with Crippen LogP contribution in [0.1, 0.15) is 43.9 Å². The van der Waals surface area contributed by atoms with E-state index in [0.717, 1.165) is 31.2 Å². The van der Waals surface area contributed by atoms with Crippen molar-refractivity contribution in [3.8, 4) is 11.4 Å². The largest absolute Gasteiger partial charge is 0.339 e. The zero-order chi connectivity index (χ0) is 13.9. The van der Waals surface area contributed by atoms with E-state index < -0.39 is 0 Å². The highest BCUT2D eigenvalue weighted by molar-refractivity contribution is 5.53. The molecule has 1 aromatic heterocycles. The molecule has 0 radical (unpaired) electrons. The second-order valence-electron chi connectivity index (χ2n) is 5.37. The van der Waals surface area contributed by atoms with Gasteiger partial charge in [-0.25, -0.2) is 4.39 Å². The molecule has 3 rings (SSSR count). The van der Waals surface area contributed by atoms with Gasteiger partial charge in [0.2, 0.25) is 11.7 Å². The lowest BCUT2D eigenvalue weighted by molar-refractivity contribution is 0.326. The van der Waals surface area contributed by atoms with Crippen LogP contribution in [0.25, 0.3) is 11.4 Å². The molecule has 0 bridgehead atoms. The summed E-state index contributed by atoms with van der Waals surface area (Å²) >= 11 is 0. The van der Waals surface area contributed by atoms with Gasteiger partial charge in [0.25, 0.3) is 0 Å².